The zero-order valence-electron chi connectivity index (χ0n) is 10.4. The monoisotopic (exact) mass is 318 g/mol. The van der Waals surface area contributed by atoms with E-state index in [2.05, 4.69) is 32.1 Å². The summed E-state index contributed by atoms with van der Waals surface area (Å²) in [5, 5.41) is 12.4. The van der Waals surface area contributed by atoms with Crippen LogP contribution < -0.4 is 11.4 Å². The predicted octanol–water partition coefficient (Wildman–Crippen LogP) is -0.0787. The van der Waals surface area contributed by atoms with Gasteiger partial charge in [0.1, 0.15) is 5.82 Å². The van der Waals surface area contributed by atoms with Gasteiger partial charge in [-0.05, 0) is 24.5 Å². The topological polar surface area (TPSA) is 148 Å². The Kier molecular flexibility index (Phi) is 4.34. The number of azide groups is 1. The van der Waals surface area contributed by atoms with Gasteiger partial charge < -0.3 is 19.8 Å². The van der Waals surface area contributed by atoms with Gasteiger partial charge in [0.25, 0.3) is 0 Å². The van der Waals surface area contributed by atoms with Gasteiger partial charge >= 0.3 is 5.69 Å². The molecule has 0 spiro atoms. The van der Waals surface area contributed by atoms with Gasteiger partial charge in [0.15, 0.2) is 18.5 Å². The fraction of sp³-hybridized carbons (Fsp3) is 0.556. The second kappa shape index (κ2) is 5.87. The van der Waals surface area contributed by atoms with Gasteiger partial charge in [-0.2, -0.15) is 4.98 Å². The second-order valence-electron chi connectivity index (χ2n) is 4.21. The summed E-state index contributed by atoms with van der Waals surface area (Å²) in [6.45, 7) is -0.945. The Morgan fingerprint density at radius 1 is 1.81 bits per heavy atom. The molecule has 12 heteroatoms. The second-order valence-corrected chi connectivity index (χ2v) is 4.43. The van der Waals surface area contributed by atoms with Crippen LogP contribution in [-0.4, -0.2) is 39.3 Å². The Bertz CT molecular complexity index is 637. The van der Waals surface area contributed by atoms with Gasteiger partial charge in [0.2, 0.25) is 5.72 Å². The molecule has 1 aliphatic heterocycles. The molecule has 1 fully saturated rings. The molecular formula is C9H11FN6O4S. The number of hydrogen-bond donors (Lipinski definition) is 3. The van der Waals surface area contributed by atoms with Crippen LogP contribution in [0.25, 0.3) is 10.4 Å². The molecule has 2 rings (SSSR count). The predicted molar refractivity (Wildman–Crippen MR) is 70.7 cm³/mol. The van der Waals surface area contributed by atoms with Crippen molar-refractivity contribution in [2.45, 2.75) is 24.2 Å². The number of nitrogens with two attached hydrogens (primary N) is 1. The van der Waals surface area contributed by atoms with Gasteiger partial charge in [-0.3, -0.25) is 4.57 Å². The smallest absolute Gasteiger partial charge is 0.351 e. The normalized spacial score (nSPS) is 31.9. The van der Waals surface area contributed by atoms with Crippen molar-refractivity contribution >= 4 is 18.7 Å². The highest BCUT2D eigenvalue weighted by molar-refractivity contribution is 7.75. The molecule has 0 unspecified atom stereocenters. The van der Waals surface area contributed by atoms with Crippen LogP contribution in [-0.2, 0) is 8.92 Å². The molecule has 1 saturated heterocycles. The summed E-state index contributed by atoms with van der Waals surface area (Å²) in [7, 11) is 0. The maximum atomic E-state index is 14.4. The lowest BCUT2D eigenvalue weighted by atomic mass is 10.1. The standard InChI is InChI=1S/C9H11FN6O4S/c10-6-5(20-21)7(19-9(6,3-17)14-15-12)16-2-1-4(11)13-8(16)18/h1-2,5-7,17,21H,3H2,(H2,11,13,18)/t5-,6+,7-,9-/m1/s1. The van der Waals surface area contributed by atoms with E-state index >= 15 is 0 Å². The Balaban J connectivity index is 2.49. The number of aliphatic hydroxyl groups excluding tert-OH is 1. The van der Waals surface area contributed by atoms with Crippen molar-refractivity contribution < 1.29 is 18.4 Å². The zero-order valence-corrected chi connectivity index (χ0v) is 11.3. The van der Waals surface area contributed by atoms with Crippen LogP contribution in [0.3, 0.4) is 0 Å². The first-order chi connectivity index (χ1) is 9.99. The number of ether oxygens (including phenoxy) is 1. The Labute approximate surface area is 122 Å². The van der Waals surface area contributed by atoms with E-state index in [1.54, 1.807) is 0 Å². The number of hydrogen-bond acceptors (Lipinski definition) is 8. The van der Waals surface area contributed by atoms with Gasteiger partial charge in [0.05, 0.1) is 6.61 Å². The Morgan fingerprint density at radius 2 is 2.52 bits per heavy atom. The van der Waals surface area contributed by atoms with Crippen LogP contribution >= 0.6 is 12.9 Å². The van der Waals surface area contributed by atoms with Crippen molar-refractivity contribution in [1.29, 1.82) is 0 Å². The molecule has 1 aromatic heterocycles. The van der Waals surface area contributed by atoms with Crippen molar-refractivity contribution in [3.63, 3.8) is 0 Å². The number of aromatic nitrogens is 2. The number of aliphatic hydroxyl groups is 1. The van der Waals surface area contributed by atoms with Crippen LogP contribution in [0.5, 0.6) is 0 Å². The summed E-state index contributed by atoms with van der Waals surface area (Å²) in [6.07, 6.45) is -3.58. The van der Waals surface area contributed by atoms with Crippen LogP contribution in [0.2, 0.25) is 0 Å². The molecule has 0 amide bonds. The fourth-order valence-electron chi connectivity index (χ4n) is 1.99. The summed E-state index contributed by atoms with van der Waals surface area (Å²) >= 11 is 3.53. The molecule has 10 nitrogen and oxygen atoms in total. The van der Waals surface area contributed by atoms with Crippen molar-refractivity contribution in [2.24, 2.45) is 5.11 Å². The molecule has 1 aliphatic rings. The van der Waals surface area contributed by atoms with Crippen molar-refractivity contribution in [3.05, 3.63) is 33.2 Å². The maximum Gasteiger partial charge on any atom is 0.351 e. The van der Waals surface area contributed by atoms with Crippen LogP contribution in [0, 0.1) is 0 Å². The minimum absolute atomic E-state index is 0.0298. The highest BCUT2D eigenvalue weighted by Gasteiger charge is 2.57. The highest BCUT2D eigenvalue weighted by atomic mass is 32.1. The molecule has 0 bridgehead atoms. The number of halogens is 1. The van der Waals surface area contributed by atoms with Crippen LogP contribution in [0.1, 0.15) is 6.23 Å². The Hall–Kier alpha value is -1.85. The van der Waals surface area contributed by atoms with E-state index in [4.69, 9.17) is 16.0 Å². The third-order valence-electron chi connectivity index (χ3n) is 3.01. The molecule has 0 radical (unpaired) electrons. The van der Waals surface area contributed by atoms with E-state index in [0.717, 1.165) is 4.57 Å². The third-order valence-corrected chi connectivity index (χ3v) is 3.26. The number of nitrogen functional groups attached to an aromatic ring is 1. The molecular weight excluding hydrogens is 307 g/mol. The molecule has 2 heterocycles. The summed E-state index contributed by atoms with van der Waals surface area (Å²) < 4.78 is 25.1. The summed E-state index contributed by atoms with van der Waals surface area (Å²) in [4.78, 5) is 17.7. The van der Waals surface area contributed by atoms with Crippen molar-refractivity contribution in [3.8, 4) is 0 Å². The van der Waals surface area contributed by atoms with Gasteiger partial charge in [-0.25, -0.2) is 9.18 Å². The first-order valence-corrected chi connectivity index (χ1v) is 5.99. The van der Waals surface area contributed by atoms with E-state index < -0.39 is 36.5 Å². The van der Waals surface area contributed by atoms with Gasteiger partial charge in [-0.15, -0.1) is 0 Å². The lowest BCUT2D eigenvalue weighted by Crippen LogP contribution is -2.41. The van der Waals surface area contributed by atoms with Gasteiger partial charge in [-0.1, -0.05) is 5.11 Å². The highest BCUT2D eigenvalue weighted by Crippen LogP contribution is 2.41. The molecule has 114 valence electrons. The number of nitrogens with zero attached hydrogens (tertiary/aromatic N) is 5. The molecule has 3 N–H and O–H groups in total. The number of rotatable bonds is 4. The Morgan fingerprint density at radius 3 is 3.05 bits per heavy atom. The van der Waals surface area contributed by atoms with E-state index in [9.17, 15) is 14.3 Å². The minimum Gasteiger partial charge on any atom is -0.393 e. The lowest BCUT2D eigenvalue weighted by molar-refractivity contribution is -0.114. The third kappa shape index (κ3) is 2.54. The molecule has 21 heavy (non-hydrogen) atoms. The number of alkyl halides is 1. The van der Waals surface area contributed by atoms with E-state index in [1.165, 1.54) is 12.3 Å². The molecule has 4 atom stereocenters. The lowest BCUT2D eigenvalue weighted by Gasteiger charge is -2.22. The average molecular weight is 318 g/mol. The fourth-order valence-corrected chi connectivity index (χ4v) is 2.20. The summed E-state index contributed by atoms with van der Waals surface area (Å²) in [6, 6.07) is 1.29. The average Bonchev–Trinajstić information content (AvgIpc) is 2.72. The van der Waals surface area contributed by atoms with Gasteiger partial charge in [0, 0.05) is 11.1 Å². The summed E-state index contributed by atoms with van der Waals surface area (Å²) in [5.74, 6) is -0.0298. The summed E-state index contributed by atoms with van der Waals surface area (Å²) in [5.41, 5.74) is 10.8. The SMILES string of the molecule is [N-]=[N+]=N[C@]1(CO)O[C@@H](n2ccc(N)nc2=O)[C@H](OS)[C@@H]1F. The molecule has 0 aliphatic carbocycles. The van der Waals surface area contributed by atoms with Crippen LogP contribution in [0.4, 0.5) is 10.2 Å². The quantitative estimate of drug-likeness (QED) is 0.232. The number of thiol groups is 1. The van der Waals surface area contributed by atoms with Crippen molar-refractivity contribution in [1.82, 2.24) is 9.55 Å². The molecule has 0 aromatic carbocycles. The molecule has 0 saturated carbocycles. The van der Waals surface area contributed by atoms with E-state index in [1.807, 2.05) is 0 Å². The molecule has 1 aromatic rings. The first-order valence-electron chi connectivity index (χ1n) is 5.63. The van der Waals surface area contributed by atoms with Crippen molar-refractivity contribution in [2.75, 3.05) is 12.3 Å². The largest absolute Gasteiger partial charge is 0.393 e. The first kappa shape index (κ1) is 15.5. The van der Waals surface area contributed by atoms with Crippen LogP contribution in [0.15, 0.2) is 22.2 Å². The number of anilines is 1. The minimum atomic E-state index is -2.21. The van der Waals surface area contributed by atoms with E-state index in [-0.39, 0.29) is 5.82 Å². The zero-order chi connectivity index (χ0) is 15.6. The van der Waals surface area contributed by atoms with E-state index in [0.29, 0.717) is 0 Å². The maximum absolute atomic E-state index is 14.4.